The normalized spacial score (nSPS) is 13.1. The van der Waals surface area contributed by atoms with Crippen molar-refractivity contribution in [2.24, 2.45) is 4.99 Å². The predicted octanol–water partition coefficient (Wildman–Crippen LogP) is 4.55. The second-order valence-corrected chi connectivity index (χ2v) is 7.84. The molecule has 7 heteroatoms. The minimum atomic E-state index is -0.948. The van der Waals surface area contributed by atoms with Gasteiger partial charge in [-0.25, -0.2) is 4.79 Å². The van der Waals surface area contributed by atoms with E-state index in [9.17, 15) is 14.7 Å². The highest BCUT2D eigenvalue weighted by Crippen LogP contribution is 2.26. The number of carbonyl (C=O) groups is 2. The van der Waals surface area contributed by atoms with Crippen LogP contribution in [0.2, 0.25) is 0 Å². The van der Waals surface area contributed by atoms with Crippen molar-refractivity contribution in [3.8, 4) is 0 Å². The van der Waals surface area contributed by atoms with Gasteiger partial charge < -0.3 is 9.67 Å². The molecular formula is C19H17BrN2O3S. The Labute approximate surface area is 162 Å². The Morgan fingerprint density at radius 2 is 1.92 bits per heavy atom. The SMILES string of the molecule is CCC(C(=O)O)n1/c(=N/C(=O)c2ccc(C)cc2)sc2ccc(Br)cc21. The Balaban J connectivity index is 2.22. The van der Waals surface area contributed by atoms with Crippen LogP contribution in [0.25, 0.3) is 10.2 Å². The number of rotatable bonds is 4. The molecule has 0 saturated heterocycles. The van der Waals surface area contributed by atoms with Crippen LogP contribution in [0.5, 0.6) is 0 Å². The van der Waals surface area contributed by atoms with Gasteiger partial charge in [0.2, 0.25) is 0 Å². The number of carboxylic acid groups (broad SMARTS) is 1. The maximum absolute atomic E-state index is 12.6. The second kappa shape index (κ2) is 7.55. The summed E-state index contributed by atoms with van der Waals surface area (Å²) in [5.41, 5.74) is 2.28. The molecule has 0 aliphatic carbocycles. The summed E-state index contributed by atoms with van der Waals surface area (Å²) in [7, 11) is 0. The number of aromatic nitrogens is 1. The lowest BCUT2D eigenvalue weighted by Crippen LogP contribution is -2.27. The van der Waals surface area contributed by atoms with Gasteiger partial charge in [-0.3, -0.25) is 4.79 Å². The van der Waals surface area contributed by atoms with Crippen molar-refractivity contribution < 1.29 is 14.7 Å². The highest BCUT2D eigenvalue weighted by atomic mass is 79.9. The lowest BCUT2D eigenvalue weighted by atomic mass is 10.1. The molecule has 1 N–H and O–H groups in total. The number of aryl methyl sites for hydroxylation is 1. The molecular weight excluding hydrogens is 416 g/mol. The molecule has 0 radical (unpaired) electrons. The van der Waals surface area contributed by atoms with Crippen LogP contribution >= 0.6 is 27.3 Å². The van der Waals surface area contributed by atoms with Gasteiger partial charge in [-0.2, -0.15) is 4.99 Å². The van der Waals surface area contributed by atoms with Crippen LogP contribution in [-0.2, 0) is 4.79 Å². The van der Waals surface area contributed by atoms with E-state index in [0.717, 1.165) is 20.3 Å². The molecule has 134 valence electrons. The van der Waals surface area contributed by atoms with E-state index in [1.165, 1.54) is 11.3 Å². The monoisotopic (exact) mass is 432 g/mol. The second-order valence-electron chi connectivity index (χ2n) is 5.91. The number of benzene rings is 2. The number of nitrogens with zero attached hydrogens (tertiary/aromatic N) is 2. The molecule has 3 rings (SSSR count). The van der Waals surface area contributed by atoms with Crippen molar-refractivity contribution in [3.05, 3.63) is 62.9 Å². The first kappa shape index (κ1) is 18.5. The number of hydrogen-bond acceptors (Lipinski definition) is 3. The maximum atomic E-state index is 12.6. The molecule has 2 aromatic carbocycles. The maximum Gasteiger partial charge on any atom is 0.326 e. The van der Waals surface area contributed by atoms with Crippen molar-refractivity contribution in [2.45, 2.75) is 26.3 Å². The van der Waals surface area contributed by atoms with E-state index in [0.29, 0.717) is 16.8 Å². The molecule has 1 amide bonds. The van der Waals surface area contributed by atoms with E-state index in [2.05, 4.69) is 20.9 Å². The summed E-state index contributed by atoms with van der Waals surface area (Å²) in [4.78, 5) is 28.9. The first-order chi connectivity index (χ1) is 12.4. The molecule has 0 spiro atoms. The zero-order valence-electron chi connectivity index (χ0n) is 14.3. The largest absolute Gasteiger partial charge is 0.480 e. The number of carbonyl (C=O) groups excluding carboxylic acids is 1. The van der Waals surface area contributed by atoms with Gasteiger partial charge in [0.05, 0.1) is 10.2 Å². The Morgan fingerprint density at radius 3 is 2.54 bits per heavy atom. The molecule has 1 atom stereocenters. The summed E-state index contributed by atoms with van der Waals surface area (Å²) in [5, 5.41) is 9.63. The topological polar surface area (TPSA) is 71.7 Å². The van der Waals surface area contributed by atoms with Crippen LogP contribution in [0.1, 0.15) is 35.3 Å². The van der Waals surface area contributed by atoms with E-state index in [4.69, 9.17) is 0 Å². The van der Waals surface area contributed by atoms with Crippen molar-refractivity contribution in [2.75, 3.05) is 0 Å². The minimum Gasteiger partial charge on any atom is -0.480 e. The zero-order valence-corrected chi connectivity index (χ0v) is 16.7. The smallest absolute Gasteiger partial charge is 0.326 e. The highest BCUT2D eigenvalue weighted by molar-refractivity contribution is 9.10. The third kappa shape index (κ3) is 3.64. The number of fused-ring (bicyclic) bond motifs is 1. The minimum absolute atomic E-state index is 0.385. The first-order valence-electron chi connectivity index (χ1n) is 8.10. The van der Waals surface area contributed by atoms with E-state index in [-0.39, 0.29) is 5.91 Å². The Bertz CT molecular complexity index is 1050. The van der Waals surface area contributed by atoms with E-state index < -0.39 is 12.0 Å². The summed E-state index contributed by atoms with van der Waals surface area (Å²) < 4.78 is 3.36. The van der Waals surface area contributed by atoms with Crippen molar-refractivity contribution in [3.63, 3.8) is 0 Å². The fraction of sp³-hybridized carbons (Fsp3) is 0.211. The summed E-state index contributed by atoms with van der Waals surface area (Å²) in [6, 6.07) is 12.0. The molecule has 0 bridgehead atoms. The zero-order chi connectivity index (χ0) is 18.8. The van der Waals surface area contributed by atoms with Crippen LogP contribution in [-0.4, -0.2) is 21.6 Å². The number of halogens is 1. The fourth-order valence-electron chi connectivity index (χ4n) is 2.71. The van der Waals surface area contributed by atoms with Gasteiger partial charge in [-0.15, -0.1) is 0 Å². The average Bonchev–Trinajstić information content (AvgIpc) is 2.93. The molecule has 0 fully saturated rings. The van der Waals surface area contributed by atoms with E-state index in [1.807, 2.05) is 37.3 Å². The van der Waals surface area contributed by atoms with Crippen molar-refractivity contribution in [1.29, 1.82) is 0 Å². The van der Waals surface area contributed by atoms with Gasteiger partial charge in [-0.1, -0.05) is 51.9 Å². The van der Waals surface area contributed by atoms with Crippen LogP contribution in [0.4, 0.5) is 0 Å². The molecule has 3 aromatic rings. The Hall–Kier alpha value is -2.25. The van der Waals surface area contributed by atoms with Gasteiger partial charge in [0.1, 0.15) is 6.04 Å². The molecule has 1 unspecified atom stereocenters. The fourth-order valence-corrected chi connectivity index (χ4v) is 4.10. The third-order valence-corrected chi connectivity index (χ3v) is 5.60. The van der Waals surface area contributed by atoms with Gasteiger partial charge in [-0.05, 0) is 43.7 Å². The number of amides is 1. The van der Waals surface area contributed by atoms with Crippen molar-refractivity contribution in [1.82, 2.24) is 4.57 Å². The number of thiazole rings is 1. The molecule has 1 heterocycles. The summed E-state index contributed by atoms with van der Waals surface area (Å²) in [6.45, 7) is 3.75. The molecule has 0 saturated carbocycles. The van der Waals surface area contributed by atoms with Gasteiger partial charge in [0, 0.05) is 10.0 Å². The summed E-state index contributed by atoms with van der Waals surface area (Å²) in [6.07, 6.45) is 0.388. The average molecular weight is 433 g/mol. The molecule has 5 nitrogen and oxygen atoms in total. The lowest BCUT2D eigenvalue weighted by Gasteiger charge is -2.13. The van der Waals surface area contributed by atoms with E-state index >= 15 is 0 Å². The van der Waals surface area contributed by atoms with Crippen LogP contribution in [0.15, 0.2) is 51.9 Å². The standard InChI is InChI=1S/C19H17BrN2O3S/c1-3-14(18(24)25)22-15-10-13(20)8-9-16(15)26-19(22)21-17(23)12-6-4-11(2)5-7-12/h4-10,14H,3H2,1-2H3,(H,24,25)/b21-19-. The number of hydrogen-bond donors (Lipinski definition) is 1. The first-order valence-corrected chi connectivity index (χ1v) is 9.70. The number of aliphatic carboxylic acids is 1. The van der Waals surface area contributed by atoms with Crippen molar-refractivity contribution >= 4 is 49.4 Å². The highest BCUT2D eigenvalue weighted by Gasteiger charge is 2.22. The molecule has 0 aliphatic rings. The quantitative estimate of drug-likeness (QED) is 0.656. The lowest BCUT2D eigenvalue weighted by molar-refractivity contribution is -0.140. The number of carboxylic acids is 1. The van der Waals surface area contributed by atoms with Crippen LogP contribution in [0, 0.1) is 6.92 Å². The van der Waals surface area contributed by atoms with Gasteiger partial charge >= 0.3 is 5.97 Å². The third-order valence-electron chi connectivity index (χ3n) is 4.07. The van der Waals surface area contributed by atoms with Crippen LogP contribution in [0.3, 0.4) is 0 Å². The Kier molecular flexibility index (Phi) is 5.38. The molecule has 26 heavy (non-hydrogen) atoms. The predicted molar refractivity (Wildman–Crippen MR) is 106 cm³/mol. The van der Waals surface area contributed by atoms with Gasteiger partial charge in [0.25, 0.3) is 5.91 Å². The molecule has 1 aromatic heterocycles. The van der Waals surface area contributed by atoms with E-state index in [1.54, 1.807) is 23.6 Å². The Morgan fingerprint density at radius 1 is 1.23 bits per heavy atom. The summed E-state index contributed by atoms with van der Waals surface area (Å²) >= 11 is 4.74. The van der Waals surface area contributed by atoms with Gasteiger partial charge in [0.15, 0.2) is 4.80 Å². The summed E-state index contributed by atoms with van der Waals surface area (Å²) in [5.74, 6) is -1.33. The van der Waals surface area contributed by atoms with Crippen LogP contribution < -0.4 is 4.80 Å². The molecule has 0 aliphatic heterocycles.